The third-order valence-corrected chi connectivity index (χ3v) is 5.21. The van der Waals surface area contributed by atoms with Gasteiger partial charge in [0.05, 0.1) is 0 Å². The second-order valence-electron chi connectivity index (χ2n) is 5.26. The molecule has 5 nitrogen and oxygen atoms in total. The smallest absolute Gasteiger partial charge is 0.242 e. The van der Waals surface area contributed by atoms with Crippen LogP contribution in [0.5, 0.6) is 0 Å². The van der Waals surface area contributed by atoms with Gasteiger partial charge in [-0.3, -0.25) is 0 Å². The Morgan fingerprint density at radius 3 is 2.68 bits per heavy atom. The Labute approximate surface area is 114 Å². The van der Waals surface area contributed by atoms with Crippen molar-refractivity contribution in [1.29, 1.82) is 0 Å². The Morgan fingerprint density at radius 2 is 2.00 bits per heavy atom. The molecule has 0 saturated heterocycles. The summed E-state index contributed by atoms with van der Waals surface area (Å²) in [6.07, 6.45) is 6.74. The molecule has 1 aliphatic rings. The van der Waals surface area contributed by atoms with Crippen LogP contribution in [0.4, 0.5) is 5.82 Å². The first kappa shape index (κ1) is 14.3. The zero-order valence-corrected chi connectivity index (χ0v) is 12.0. The van der Waals surface area contributed by atoms with Gasteiger partial charge in [-0.05, 0) is 30.9 Å². The second kappa shape index (κ2) is 5.88. The summed E-state index contributed by atoms with van der Waals surface area (Å²) in [6.45, 7) is 2.11. The molecular weight excluding hydrogens is 262 g/mol. The normalized spacial score (nSPS) is 24.9. The summed E-state index contributed by atoms with van der Waals surface area (Å²) in [4.78, 5) is 4.01. The Hall–Kier alpha value is -1.14. The topological polar surface area (TPSA) is 85.1 Å². The van der Waals surface area contributed by atoms with Crippen LogP contribution in [-0.2, 0) is 10.0 Å². The Morgan fingerprint density at radius 1 is 1.26 bits per heavy atom. The van der Waals surface area contributed by atoms with Crippen LogP contribution in [0.15, 0.2) is 23.2 Å². The number of nitrogens with zero attached hydrogens (tertiary/aromatic N) is 1. The summed E-state index contributed by atoms with van der Waals surface area (Å²) in [5.74, 6) is 0.695. The zero-order valence-electron chi connectivity index (χ0n) is 11.2. The molecule has 1 saturated carbocycles. The number of aromatic nitrogens is 1. The van der Waals surface area contributed by atoms with Crippen LogP contribution in [0.2, 0.25) is 0 Å². The van der Waals surface area contributed by atoms with Gasteiger partial charge in [-0.1, -0.05) is 26.2 Å². The third-order valence-electron chi connectivity index (χ3n) is 3.74. The van der Waals surface area contributed by atoms with E-state index in [0.717, 1.165) is 19.3 Å². The van der Waals surface area contributed by atoms with Crippen LogP contribution >= 0.6 is 0 Å². The number of nitrogens with one attached hydrogen (secondary N) is 1. The van der Waals surface area contributed by atoms with E-state index in [1.165, 1.54) is 31.2 Å². The molecular formula is C13H21N3O2S. The van der Waals surface area contributed by atoms with Crippen molar-refractivity contribution in [2.45, 2.75) is 50.0 Å². The van der Waals surface area contributed by atoms with E-state index in [0.29, 0.717) is 11.7 Å². The van der Waals surface area contributed by atoms with E-state index in [1.807, 2.05) is 0 Å². The highest BCUT2D eigenvalue weighted by Crippen LogP contribution is 2.24. The quantitative estimate of drug-likeness (QED) is 0.830. The molecule has 2 rings (SSSR count). The standard InChI is InChI=1S/C13H21N3O2S/c1-10-5-3-2-4-6-12(10)16-19(17,18)11-7-8-13(14)15-9-11/h7-10,12,16H,2-6H2,1H3,(H2,14,15). The fourth-order valence-corrected chi connectivity index (χ4v) is 3.81. The number of nitrogens with two attached hydrogens (primary N) is 1. The average molecular weight is 283 g/mol. The highest BCUT2D eigenvalue weighted by atomic mass is 32.2. The minimum absolute atomic E-state index is 0.0186. The molecule has 1 aromatic rings. The lowest BCUT2D eigenvalue weighted by Crippen LogP contribution is -2.38. The molecule has 106 valence electrons. The van der Waals surface area contributed by atoms with Crippen LogP contribution < -0.4 is 10.5 Å². The van der Waals surface area contributed by atoms with Gasteiger partial charge in [-0.25, -0.2) is 18.1 Å². The molecule has 0 bridgehead atoms. The Kier molecular flexibility index (Phi) is 4.42. The van der Waals surface area contributed by atoms with Crippen molar-refractivity contribution >= 4 is 15.8 Å². The molecule has 1 fully saturated rings. The lowest BCUT2D eigenvalue weighted by Gasteiger charge is -2.22. The van der Waals surface area contributed by atoms with E-state index in [1.54, 1.807) is 0 Å². The van der Waals surface area contributed by atoms with Crippen LogP contribution in [0.1, 0.15) is 39.0 Å². The van der Waals surface area contributed by atoms with Crippen molar-refractivity contribution in [3.8, 4) is 0 Å². The maximum absolute atomic E-state index is 12.3. The fourth-order valence-electron chi connectivity index (χ4n) is 2.49. The minimum Gasteiger partial charge on any atom is -0.384 e. The van der Waals surface area contributed by atoms with Crippen LogP contribution in [0, 0.1) is 5.92 Å². The molecule has 1 aromatic heterocycles. The molecule has 6 heteroatoms. The molecule has 1 aliphatic carbocycles. The van der Waals surface area contributed by atoms with E-state index in [4.69, 9.17) is 5.73 Å². The maximum Gasteiger partial charge on any atom is 0.242 e. The van der Waals surface area contributed by atoms with Gasteiger partial charge >= 0.3 is 0 Å². The van der Waals surface area contributed by atoms with Crippen molar-refractivity contribution in [1.82, 2.24) is 9.71 Å². The van der Waals surface area contributed by atoms with E-state index in [-0.39, 0.29) is 10.9 Å². The summed E-state index contributed by atoms with van der Waals surface area (Å²) in [6, 6.07) is 3.02. The van der Waals surface area contributed by atoms with Gasteiger partial charge in [0.2, 0.25) is 10.0 Å². The van der Waals surface area contributed by atoms with E-state index in [9.17, 15) is 8.42 Å². The van der Waals surface area contributed by atoms with E-state index in [2.05, 4.69) is 16.6 Å². The summed E-state index contributed by atoms with van der Waals surface area (Å²) in [5, 5.41) is 0. The molecule has 0 spiro atoms. The number of nitrogen functional groups attached to an aromatic ring is 1. The minimum atomic E-state index is -3.49. The Balaban J connectivity index is 2.13. The molecule has 2 unspecified atom stereocenters. The fraction of sp³-hybridized carbons (Fsp3) is 0.615. The first-order valence-corrected chi connectivity index (χ1v) is 8.21. The van der Waals surface area contributed by atoms with Crippen molar-refractivity contribution < 1.29 is 8.42 Å². The van der Waals surface area contributed by atoms with Gasteiger partial charge in [0, 0.05) is 12.2 Å². The summed E-state index contributed by atoms with van der Waals surface area (Å²) < 4.78 is 27.4. The van der Waals surface area contributed by atoms with Crippen LogP contribution in [0.25, 0.3) is 0 Å². The number of hydrogen-bond acceptors (Lipinski definition) is 4. The number of rotatable bonds is 3. The van der Waals surface area contributed by atoms with E-state index >= 15 is 0 Å². The first-order chi connectivity index (χ1) is 8.99. The van der Waals surface area contributed by atoms with Crippen LogP contribution in [0.3, 0.4) is 0 Å². The Bertz CT molecular complexity index is 513. The lowest BCUT2D eigenvalue weighted by molar-refractivity contribution is 0.399. The maximum atomic E-state index is 12.3. The van der Waals surface area contributed by atoms with Gasteiger partial charge in [0.25, 0.3) is 0 Å². The molecule has 2 atom stereocenters. The number of sulfonamides is 1. The zero-order chi connectivity index (χ0) is 13.9. The summed E-state index contributed by atoms with van der Waals surface area (Å²) in [7, 11) is -3.49. The SMILES string of the molecule is CC1CCCCCC1NS(=O)(=O)c1ccc(N)nc1. The second-order valence-corrected chi connectivity index (χ2v) is 6.98. The molecule has 0 amide bonds. The average Bonchev–Trinajstić information content (AvgIpc) is 2.55. The largest absolute Gasteiger partial charge is 0.384 e. The highest BCUT2D eigenvalue weighted by molar-refractivity contribution is 7.89. The van der Waals surface area contributed by atoms with Crippen molar-refractivity contribution in [2.24, 2.45) is 5.92 Å². The van der Waals surface area contributed by atoms with Gasteiger partial charge < -0.3 is 5.73 Å². The van der Waals surface area contributed by atoms with Crippen molar-refractivity contribution in [2.75, 3.05) is 5.73 Å². The molecule has 1 heterocycles. The number of hydrogen-bond donors (Lipinski definition) is 2. The molecule has 3 N–H and O–H groups in total. The lowest BCUT2D eigenvalue weighted by atomic mass is 9.98. The predicted octanol–water partition coefficient (Wildman–Crippen LogP) is 1.91. The highest BCUT2D eigenvalue weighted by Gasteiger charge is 2.25. The summed E-state index contributed by atoms with van der Waals surface area (Å²) in [5.41, 5.74) is 5.47. The number of pyridine rings is 1. The van der Waals surface area contributed by atoms with Crippen molar-refractivity contribution in [3.05, 3.63) is 18.3 Å². The van der Waals surface area contributed by atoms with Gasteiger partial charge in [-0.15, -0.1) is 0 Å². The number of anilines is 1. The van der Waals surface area contributed by atoms with Gasteiger partial charge in [0.15, 0.2) is 0 Å². The predicted molar refractivity (Wildman–Crippen MR) is 75.0 cm³/mol. The van der Waals surface area contributed by atoms with Crippen molar-refractivity contribution in [3.63, 3.8) is 0 Å². The van der Waals surface area contributed by atoms with Crippen LogP contribution in [-0.4, -0.2) is 19.4 Å². The molecule has 0 radical (unpaired) electrons. The summed E-state index contributed by atoms with van der Waals surface area (Å²) >= 11 is 0. The van der Waals surface area contributed by atoms with Gasteiger partial charge in [-0.2, -0.15) is 0 Å². The molecule has 0 aromatic carbocycles. The molecule has 19 heavy (non-hydrogen) atoms. The monoisotopic (exact) mass is 283 g/mol. The molecule has 0 aliphatic heterocycles. The van der Waals surface area contributed by atoms with Gasteiger partial charge in [0.1, 0.15) is 10.7 Å². The third kappa shape index (κ3) is 3.67. The van der Waals surface area contributed by atoms with E-state index < -0.39 is 10.0 Å². The first-order valence-electron chi connectivity index (χ1n) is 6.73.